The topological polar surface area (TPSA) is 35.5 Å². The lowest BCUT2D eigenvalue weighted by atomic mass is 10.0. The molecule has 0 unspecified atom stereocenters. The zero-order valence-electron chi connectivity index (χ0n) is 10.6. The molecule has 0 aromatic heterocycles. The van der Waals surface area contributed by atoms with Crippen LogP contribution in [0.15, 0.2) is 12.1 Å². The van der Waals surface area contributed by atoms with Crippen LogP contribution in [0.1, 0.15) is 11.6 Å². The summed E-state index contributed by atoms with van der Waals surface area (Å²) in [5.41, 5.74) is 0.422. The number of piperazine rings is 1. The number of aromatic hydroxyl groups is 1. The van der Waals surface area contributed by atoms with E-state index in [9.17, 15) is 9.50 Å². The van der Waals surface area contributed by atoms with Crippen molar-refractivity contribution in [2.75, 3.05) is 32.9 Å². The monoisotopic (exact) mass is 364 g/mol. The third kappa shape index (κ3) is 4.52. The van der Waals surface area contributed by atoms with E-state index in [0.29, 0.717) is 15.6 Å². The van der Waals surface area contributed by atoms with E-state index < -0.39 is 12.7 Å². The summed E-state index contributed by atoms with van der Waals surface area (Å²) in [5.74, 6) is -0.0475. The first-order chi connectivity index (χ1) is 8.63. The lowest BCUT2D eigenvalue weighted by Gasteiger charge is -2.34. The Kier molecular flexibility index (Phi) is 9.14. The summed E-state index contributed by atoms with van der Waals surface area (Å²) < 4.78 is 13.3. The van der Waals surface area contributed by atoms with Gasteiger partial charge in [0.05, 0.1) is 11.1 Å². The quantitative estimate of drug-likeness (QED) is 0.860. The number of nitrogens with one attached hydrogen (secondary N) is 1. The molecular weight excluding hydrogens is 349 g/mol. The molecule has 0 amide bonds. The van der Waals surface area contributed by atoms with Gasteiger partial charge < -0.3 is 10.4 Å². The lowest BCUT2D eigenvalue weighted by molar-refractivity contribution is 0.145. The first-order valence-corrected chi connectivity index (χ1v) is 6.57. The molecule has 2 N–H and O–H groups in total. The normalized spacial score (nSPS) is 16.9. The molecule has 1 aliphatic rings. The Morgan fingerprint density at radius 1 is 1.25 bits per heavy atom. The predicted octanol–water partition coefficient (Wildman–Crippen LogP) is 3.46. The minimum Gasteiger partial charge on any atom is -0.507 e. The molecule has 0 spiro atoms. The fraction of sp³-hybridized carbons (Fsp3) is 0.500. The first kappa shape index (κ1) is 20.0. The highest BCUT2D eigenvalue weighted by atomic mass is 35.5. The Labute approximate surface area is 140 Å². The molecule has 2 rings (SSSR count). The minimum absolute atomic E-state index is 0. The molecule has 1 heterocycles. The van der Waals surface area contributed by atoms with Gasteiger partial charge in [0.1, 0.15) is 12.4 Å². The maximum Gasteiger partial charge on any atom is 0.123 e. The van der Waals surface area contributed by atoms with E-state index >= 15 is 0 Å². The van der Waals surface area contributed by atoms with Gasteiger partial charge in [0.15, 0.2) is 0 Å². The maximum absolute atomic E-state index is 13.3. The molecule has 1 aliphatic heterocycles. The zero-order valence-corrected chi connectivity index (χ0v) is 13.8. The van der Waals surface area contributed by atoms with E-state index in [-0.39, 0.29) is 30.6 Å². The molecule has 1 aromatic carbocycles. The fourth-order valence-electron chi connectivity index (χ4n) is 2.25. The molecule has 1 saturated heterocycles. The van der Waals surface area contributed by atoms with Gasteiger partial charge in [-0.25, -0.2) is 4.39 Å². The van der Waals surface area contributed by atoms with E-state index in [2.05, 4.69) is 5.32 Å². The smallest absolute Gasteiger partial charge is 0.123 e. The van der Waals surface area contributed by atoms with Gasteiger partial charge in [-0.2, -0.15) is 0 Å². The van der Waals surface area contributed by atoms with Gasteiger partial charge in [-0.1, -0.05) is 23.2 Å². The Hall–Kier alpha value is 0.0300. The number of alkyl halides is 1. The van der Waals surface area contributed by atoms with Crippen molar-refractivity contribution in [3.05, 3.63) is 27.7 Å². The van der Waals surface area contributed by atoms with Crippen molar-refractivity contribution in [1.29, 1.82) is 0 Å². The standard InChI is InChI=1S/C12H15Cl2FN2O.2ClH/c13-8-5-9(14)12(11(18)6-8)10(7-15)17-3-1-16-2-4-17;;/h5-6,10,16,18H,1-4,7H2;2*1H/t10-;;/m1../s1. The van der Waals surface area contributed by atoms with E-state index in [1.807, 2.05) is 4.90 Å². The van der Waals surface area contributed by atoms with E-state index in [1.54, 1.807) is 0 Å². The van der Waals surface area contributed by atoms with Crippen LogP contribution in [-0.2, 0) is 0 Å². The van der Waals surface area contributed by atoms with E-state index in [0.717, 1.165) is 26.2 Å². The lowest BCUT2D eigenvalue weighted by Crippen LogP contribution is -2.45. The van der Waals surface area contributed by atoms with Crippen LogP contribution in [0.4, 0.5) is 4.39 Å². The molecule has 1 atom stereocenters. The number of halogens is 5. The van der Waals surface area contributed by atoms with Gasteiger partial charge in [0.2, 0.25) is 0 Å². The third-order valence-electron chi connectivity index (χ3n) is 3.14. The van der Waals surface area contributed by atoms with Crippen LogP contribution in [0.2, 0.25) is 10.0 Å². The molecule has 0 radical (unpaired) electrons. The van der Waals surface area contributed by atoms with Crippen LogP contribution in [-0.4, -0.2) is 42.9 Å². The Balaban J connectivity index is 0.00000180. The number of hydrogen-bond acceptors (Lipinski definition) is 3. The number of phenolic OH excluding ortho intramolecular Hbond substituents is 1. The molecule has 3 nitrogen and oxygen atoms in total. The van der Waals surface area contributed by atoms with Crippen molar-refractivity contribution in [3.8, 4) is 5.75 Å². The van der Waals surface area contributed by atoms with Crippen molar-refractivity contribution >= 4 is 48.0 Å². The zero-order chi connectivity index (χ0) is 13.1. The van der Waals surface area contributed by atoms with Crippen molar-refractivity contribution in [1.82, 2.24) is 10.2 Å². The molecule has 1 aromatic rings. The van der Waals surface area contributed by atoms with Gasteiger partial charge in [0, 0.05) is 36.8 Å². The molecule has 0 aliphatic carbocycles. The van der Waals surface area contributed by atoms with Crippen LogP contribution in [0.25, 0.3) is 0 Å². The molecule has 116 valence electrons. The van der Waals surface area contributed by atoms with Crippen LogP contribution < -0.4 is 5.32 Å². The van der Waals surface area contributed by atoms with Gasteiger partial charge in [-0.15, -0.1) is 24.8 Å². The fourth-order valence-corrected chi connectivity index (χ4v) is 2.86. The second-order valence-electron chi connectivity index (χ2n) is 4.28. The van der Waals surface area contributed by atoms with E-state index in [4.69, 9.17) is 23.2 Å². The van der Waals surface area contributed by atoms with Gasteiger partial charge in [0.25, 0.3) is 0 Å². The Morgan fingerprint density at radius 2 is 1.85 bits per heavy atom. The minimum atomic E-state index is -0.588. The Bertz CT molecular complexity index is 407. The number of benzene rings is 1. The largest absolute Gasteiger partial charge is 0.507 e. The average Bonchev–Trinajstić information content (AvgIpc) is 2.34. The van der Waals surface area contributed by atoms with Crippen molar-refractivity contribution in [2.45, 2.75) is 6.04 Å². The molecular formula is C12H17Cl4FN2O. The molecule has 0 saturated carbocycles. The molecule has 20 heavy (non-hydrogen) atoms. The van der Waals surface area contributed by atoms with Crippen LogP contribution in [0.5, 0.6) is 5.75 Å². The number of rotatable bonds is 3. The third-order valence-corrected chi connectivity index (χ3v) is 3.68. The van der Waals surface area contributed by atoms with Crippen molar-refractivity contribution < 1.29 is 9.50 Å². The van der Waals surface area contributed by atoms with Crippen molar-refractivity contribution in [2.24, 2.45) is 0 Å². The molecule has 0 bridgehead atoms. The first-order valence-electron chi connectivity index (χ1n) is 5.82. The van der Waals surface area contributed by atoms with Gasteiger partial charge >= 0.3 is 0 Å². The summed E-state index contributed by atoms with van der Waals surface area (Å²) in [6.45, 7) is 2.49. The average molecular weight is 366 g/mol. The summed E-state index contributed by atoms with van der Waals surface area (Å²) in [4.78, 5) is 1.98. The summed E-state index contributed by atoms with van der Waals surface area (Å²) in [6.07, 6.45) is 0. The second-order valence-corrected chi connectivity index (χ2v) is 5.12. The summed E-state index contributed by atoms with van der Waals surface area (Å²) in [5, 5.41) is 13.8. The maximum atomic E-state index is 13.3. The number of hydrogen-bond donors (Lipinski definition) is 2. The molecule has 8 heteroatoms. The van der Waals surface area contributed by atoms with Crippen molar-refractivity contribution in [3.63, 3.8) is 0 Å². The predicted molar refractivity (Wildman–Crippen MR) is 85.8 cm³/mol. The highest BCUT2D eigenvalue weighted by molar-refractivity contribution is 6.35. The summed E-state index contributed by atoms with van der Waals surface area (Å²) >= 11 is 11.9. The van der Waals surface area contributed by atoms with Gasteiger partial charge in [-0.05, 0) is 12.1 Å². The van der Waals surface area contributed by atoms with Crippen LogP contribution in [0, 0.1) is 0 Å². The van der Waals surface area contributed by atoms with Gasteiger partial charge in [-0.3, -0.25) is 4.90 Å². The SMILES string of the molecule is Cl.Cl.Oc1cc(Cl)cc(Cl)c1[C@@H](CF)N1CCNCC1. The number of phenols is 1. The van der Waals surface area contributed by atoms with Crippen LogP contribution in [0.3, 0.4) is 0 Å². The second kappa shape index (κ2) is 9.13. The van der Waals surface area contributed by atoms with Crippen LogP contribution >= 0.6 is 48.0 Å². The number of nitrogens with zero attached hydrogens (tertiary/aromatic N) is 1. The molecule has 1 fully saturated rings. The van der Waals surface area contributed by atoms with E-state index in [1.165, 1.54) is 12.1 Å². The summed E-state index contributed by atoms with van der Waals surface area (Å²) in [7, 11) is 0. The highest BCUT2D eigenvalue weighted by Crippen LogP contribution is 2.37. The highest BCUT2D eigenvalue weighted by Gasteiger charge is 2.26. The summed E-state index contributed by atoms with van der Waals surface area (Å²) in [6, 6.07) is 2.41. The Morgan fingerprint density at radius 3 is 2.35 bits per heavy atom.